The van der Waals surface area contributed by atoms with Gasteiger partial charge in [0.2, 0.25) is 0 Å². The van der Waals surface area contributed by atoms with Crippen LogP contribution < -0.4 is 4.90 Å². The lowest BCUT2D eigenvalue weighted by Crippen LogP contribution is -2.48. The zero-order valence-corrected chi connectivity index (χ0v) is 9.11. The van der Waals surface area contributed by atoms with Crippen LogP contribution in [0.25, 0.3) is 0 Å². The molecule has 16 heavy (non-hydrogen) atoms. The van der Waals surface area contributed by atoms with Gasteiger partial charge in [-0.25, -0.2) is 0 Å². The minimum Gasteiger partial charge on any atom is -0.351 e. The predicted octanol–water partition coefficient (Wildman–Crippen LogP) is 1.04. The first-order chi connectivity index (χ1) is 7.83. The van der Waals surface area contributed by atoms with Crippen LogP contribution >= 0.6 is 0 Å². The van der Waals surface area contributed by atoms with Crippen molar-refractivity contribution < 1.29 is 0 Å². The molecule has 0 radical (unpaired) electrons. The van der Waals surface area contributed by atoms with Crippen molar-refractivity contribution in [2.45, 2.75) is 13.0 Å². The first kappa shape index (κ1) is 9.33. The van der Waals surface area contributed by atoms with Crippen molar-refractivity contribution >= 4 is 5.82 Å². The minimum atomic E-state index is 0.470. The van der Waals surface area contributed by atoms with E-state index < -0.39 is 0 Å². The van der Waals surface area contributed by atoms with Crippen molar-refractivity contribution in [3.05, 3.63) is 36.3 Å². The SMILES string of the molecule is Cc1ccc(N2CC(n3cccn3)C2)nn1. The summed E-state index contributed by atoms with van der Waals surface area (Å²) in [6, 6.07) is 6.43. The first-order valence-electron chi connectivity index (χ1n) is 5.37. The quantitative estimate of drug-likeness (QED) is 0.751. The van der Waals surface area contributed by atoms with Gasteiger partial charge >= 0.3 is 0 Å². The zero-order valence-electron chi connectivity index (χ0n) is 9.11. The van der Waals surface area contributed by atoms with Crippen LogP contribution in [-0.4, -0.2) is 33.1 Å². The summed E-state index contributed by atoms with van der Waals surface area (Å²) in [6.07, 6.45) is 3.82. The molecule has 2 aromatic heterocycles. The summed E-state index contributed by atoms with van der Waals surface area (Å²) in [7, 11) is 0. The van der Waals surface area contributed by atoms with Crippen molar-refractivity contribution in [2.24, 2.45) is 0 Å². The Balaban J connectivity index is 1.67. The number of anilines is 1. The average molecular weight is 215 g/mol. The van der Waals surface area contributed by atoms with E-state index in [1.54, 1.807) is 0 Å². The van der Waals surface area contributed by atoms with E-state index in [4.69, 9.17) is 0 Å². The monoisotopic (exact) mass is 215 g/mol. The van der Waals surface area contributed by atoms with E-state index in [0.717, 1.165) is 24.6 Å². The molecule has 0 amide bonds. The van der Waals surface area contributed by atoms with Crippen molar-refractivity contribution in [2.75, 3.05) is 18.0 Å². The summed E-state index contributed by atoms with van der Waals surface area (Å²) >= 11 is 0. The fourth-order valence-corrected chi connectivity index (χ4v) is 1.87. The van der Waals surface area contributed by atoms with E-state index in [1.807, 2.05) is 42.2 Å². The van der Waals surface area contributed by atoms with Gasteiger partial charge in [0.25, 0.3) is 0 Å². The van der Waals surface area contributed by atoms with Crippen LogP contribution in [0.4, 0.5) is 5.82 Å². The van der Waals surface area contributed by atoms with Crippen LogP contribution in [0, 0.1) is 6.92 Å². The van der Waals surface area contributed by atoms with E-state index >= 15 is 0 Å². The number of hydrogen-bond donors (Lipinski definition) is 0. The van der Waals surface area contributed by atoms with Gasteiger partial charge in [-0.1, -0.05) is 0 Å². The smallest absolute Gasteiger partial charge is 0.151 e. The maximum atomic E-state index is 4.23. The summed E-state index contributed by atoms with van der Waals surface area (Å²) < 4.78 is 2.00. The highest BCUT2D eigenvalue weighted by molar-refractivity contribution is 5.40. The largest absolute Gasteiger partial charge is 0.351 e. The third-order valence-electron chi connectivity index (χ3n) is 2.87. The van der Waals surface area contributed by atoms with E-state index in [-0.39, 0.29) is 0 Å². The molecule has 0 saturated carbocycles. The Bertz CT molecular complexity index is 456. The summed E-state index contributed by atoms with van der Waals surface area (Å²) in [5.74, 6) is 0.953. The molecule has 5 heteroatoms. The zero-order chi connectivity index (χ0) is 11.0. The molecule has 0 bridgehead atoms. The molecule has 0 N–H and O–H groups in total. The average Bonchev–Trinajstić information content (AvgIpc) is 2.72. The molecule has 1 saturated heterocycles. The number of nitrogens with zero attached hydrogens (tertiary/aromatic N) is 5. The summed E-state index contributed by atoms with van der Waals surface area (Å²) in [5, 5.41) is 12.5. The van der Waals surface area contributed by atoms with Crippen molar-refractivity contribution in [3.8, 4) is 0 Å². The van der Waals surface area contributed by atoms with Crippen molar-refractivity contribution in [1.82, 2.24) is 20.0 Å². The topological polar surface area (TPSA) is 46.8 Å². The summed E-state index contributed by atoms with van der Waals surface area (Å²) in [4.78, 5) is 2.21. The minimum absolute atomic E-state index is 0.470. The van der Waals surface area contributed by atoms with Crippen molar-refractivity contribution in [3.63, 3.8) is 0 Å². The van der Waals surface area contributed by atoms with Gasteiger partial charge < -0.3 is 4.90 Å². The van der Waals surface area contributed by atoms with Gasteiger partial charge in [-0.05, 0) is 25.1 Å². The molecule has 82 valence electrons. The highest BCUT2D eigenvalue weighted by Gasteiger charge is 2.29. The molecular weight excluding hydrogens is 202 g/mol. The molecule has 0 atom stereocenters. The van der Waals surface area contributed by atoms with Gasteiger partial charge in [0.05, 0.1) is 11.7 Å². The van der Waals surface area contributed by atoms with Crippen LogP contribution in [0.5, 0.6) is 0 Å². The Labute approximate surface area is 93.7 Å². The molecule has 0 spiro atoms. The maximum absolute atomic E-state index is 4.23. The third kappa shape index (κ3) is 1.54. The second kappa shape index (κ2) is 3.59. The Morgan fingerprint density at radius 1 is 1.25 bits per heavy atom. The third-order valence-corrected chi connectivity index (χ3v) is 2.87. The summed E-state index contributed by atoms with van der Waals surface area (Å²) in [6.45, 7) is 3.86. The Morgan fingerprint density at radius 3 is 2.75 bits per heavy atom. The lowest BCUT2D eigenvalue weighted by molar-refractivity contribution is 0.365. The molecule has 5 nitrogen and oxygen atoms in total. The van der Waals surface area contributed by atoms with Gasteiger partial charge in [-0.2, -0.15) is 10.2 Å². The molecule has 3 heterocycles. The standard InChI is InChI=1S/C11H13N5/c1-9-3-4-11(14-13-9)15-7-10(8-15)16-6-2-5-12-16/h2-6,10H,7-8H2,1H3. The lowest BCUT2D eigenvalue weighted by atomic mass is 10.1. The molecule has 1 fully saturated rings. The Kier molecular flexibility index (Phi) is 2.09. The molecule has 0 aliphatic carbocycles. The van der Waals surface area contributed by atoms with Gasteiger partial charge in [-0.15, -0.1) is 5.10 Å². The highest BCUT2D eigenvalue weighted by atomic mass is 15.4. The first-order valence-corrected chi connectivity index (χ1v) is 5.37. The molecule has 2 aromatic rings. The second-order valence-electron chi connectivity index (χ2n) is 4.08. The van der Waals surface area contributed by atoms with Crippen LogP contribution in [0.1, 0.15) is 11.7 Å². The second-order valence-corrected chi connectivity index (χ2v) is 4.08. The molecule has 0 unspecified atom stereocenters. The van der Waals surface area contributed by atoms with Gasteiger partial charge in [0.15, 0.2) is 5.82 Å². The lowest BCUT2D eigenvalue weighted by Gasteiger charge is -2.39. The van der Waals surface area contributed by atoms with Gasteiger partial charge in [0, 0.05) is 25.5 Å². The van der Waals surface area contributed by atoms with Crippen LogP contribution in [0.15, 0.2) is 30.6 Å². The molecule has 1 aliphatic heterocycles. The normalized spacial score (nSPS) is 16.2. The van der Waals surface area contributed by atoms with E-state index in [9.17, 15) is 0 Å². The Hall–Kier alpha value is -1.91. The molecule has 1 aliphatic rings. The van der Waals surface area contributed by atoms with Crippen LogP contribution in [-0.2, 0) is 0 Å². The fraction of sp³-hybridized carbons (Fsp3) is 0.364. The van der Waals surface area contributed by atoms with Gasteiger partial charge in [-0.3, -0.25) is 4.68 Å². The molecular formula is C11H13N5. The summed E-state index contributed by atoms with van der Waals surface area (Å²) in [5.41, 5.74) is 0.952. The van der Waals surface area contributed by atoms with Crippen molar-refractivity contribution in [1.29, 1.82) is 0 Å². The number of aryl methyl sites for hydroxylation is 1. The maximum Gasteiger partial charge on any atom is 0.151 e. The number of hydrogen-bond acceptors (Lipinski definition) is 4. The van der Waals surface area contributed by atoms with E-state index in [0.29, 0.717) is 6.04 Å². The van der Waals surface area contributed by atoms with E-state index in [2.05, 4.69) is 20.2 Å². The highest BCUT2D eigenvalue weighted by Crippen LogP contribution is 2.24. The van der Waals surface area contributed by atoms with Crippen LogP contribution in [0.3, 0.4) is 0 Å². The van der Waals surface area contributed by atoms with Gasteiger partial charge in [0.1, 0.15) is 0 Å². The molecule has 0 aromatic carbocycles. The van der Waals surface area contributed by atoms with E-state index in [1.165, 1.54) is 0 Å². The fourth-order valence-electron chi connectivity index (χ4n) is 1.87. The number of rotatable bonds is 2. The number of aromatic nitrogens is 4. The van der Waals surface area contributed by atoms with Crippen LogP contribution in [0.2, 0.25) is 0 Å². The predicted molar refractivity (Wildman–Crippen MR) is 60.2 cm³/mol. The molecule has 3 rings (SSSR count). The Morgan fingerprint density at radius 2 is 2.12 bits per heavy atom.